The van der Waals surface area contributed by atoms with Crippen molar-refractivity contribution in [3.8, 4) is 0 Å². The van der Waals surface area contributed by atoms with Gasteiger partial charge in [0.1, 0.15) is 6.04 Å². The van der Waals surface area contributed by atoms with Gasteiger partial charge < -0.3 is 4.74 Å². The van der Waals surface area contributed by atoms with Gasteiger partial charge in [-0.3, -0.25) is 19.2 Å². The number of rotatable bonds is 9. The monoisotopic (exact) mass is 492 g/mol. The number of aryl methyl sites for hydroxylation is 1. The van der Waals surface area contributed by atoms with E-state index in [0.717, 1.165) is 33.7 Å². The maximum Gasteiger partial charge on any atom is 0.316 e. The zero-order chi connectivity index (χ0) is 22.5. The molecule has 1 amide bonds. The van der Waals surface area contributed by atoms with Gasteiger partial charge in [0.15, 0.2) is 4.34 Å². The molecule has 0 saturated heterocycles. The number of hydrogen-bond acceptors (Lipinski definition) is 9. The van der Waals surface area contributed by atoms with Crippen molar-refractivity contribution in [2.75, 3.05) is 28.7 Å². The van der Waals surface area contributed by atoms with Crippen molar-refractivity contribution in [2.24, 2.45) is 0 Å². The van der Waals surface area contributed by atoms with E-state index in [2.05, 4.69) is 20.3 Å². The van der Waals surface area contributed by atoms with Crippen molar-refractivity contribution < 1.29 is 22.7 Å². The molecule has 1 atom stereocenters. The fourth-order valence-electron chi connectivity index (χ4n) is 2.54. The number of aromatic nitrogens is 2. The molecule has 13 heteroatoms. The van der Waals surface area contributed by atoms with E-state index in [4.69, 9.17) is 11.6 Å². The number of benzene rings is 1. The van der Waals surface area contributed by atoms with E-state index in [9.17, 15) is 18.0 Å². The van der Waals surface area contributed by atoms with Gasteiger partial charge in [0.05, 0.1) is 24.8 Å². The largest absolute Gasteiger partial charge is 0.468 e. The van der Waals surface area contributed by atoms with Crippen LogP contribution in [0.4, 0.5) is 10.8 Å². The molecular weight excluding hydrogens is 472 g/mol. The molecule has 9 nitrogen and oxygen atoms in total. The fraction of sp³-hybridized carbons (Fsp3) is 0.412. The summed E-state index contributed by atoms with van der Waals surface area (Å²) < 4.78 is 31.2. The van der Waals surface area contributed by atoms with Gasteiger partial charge >= 0.3 is 5.97 Å². The molecule has 0 aliphatic carbocycles. The maximum absolute atomic E-state index is 12.9. The normalized spacial score (nSPS) is 12.3. The second kappa shape index (κ2) is 10.4. The number of sulfonamides is 1. The lowest BCUT2D eigenvalue weighted by atomic mass is 10.1. The Bertz CT molecular complexity index is 1030. The summed E-state index contributed by atoms with van der Waals surface area (Å²) in [6, 6.07) is 3.83. The van der Waals surface area contributed by atoms with Gasteiger partial charge in [-0.2, -0.15) is 0 Å². The molecule has 0 aliphatic heterocycles. The Kier molecular flexibility index (Phi) is 8.47. The molecule has 2 rings (SSSR count). The molecule has 0 spiro atoms. The van der Waals surface area contributed by atoms with Crippen molar-refractivity contribution in [3.05, 3.63) is 28.8 Å². The Balaban J connectivity index is 2.26. The van der Waals surface area contributed by atoms with E-state index in [-0.39, 0.29) is 17.3 Å². The van der Waals surface area contributed by atoms with E-state index in [1.807, 2.05) is 0 Å². The summed E-state index contributed by atoms with van der Waals surface area (Å²) in [6.07, 6.45) is 1.25. The molecule has 1 aromatic carbocycles. The van der Waals surface area contributed by atoms with Gasteiger partial charge in [0, 0.05) is 5.02 Å². The number of hydrogen-bond donors (Lipinski definition) is 1. The van der Waals surface area contributed by atoms with Gasteiger partial charge in [-0.1, -0.05) is 47.7 Å². The predicted octanol–water partition coefficient (Wildman–Crippen LogP) is 2.95. The topological polar surface area (TPSA) is 119 Å². The number of nitrogens with zero attached hydrogens (tertiary/aromatic N) is 3. The summed E-state index contributed by atoms with van der Waals surface area (Å²) in [5.74, 6) is -0.900. The molecule has 0 saturated carbocycles. The van der Waals surface area contributed by atoms with Crippen LogP contribution in [0.15, 0.2) is 22.5 Å². The zero-order valence-electron chi connectivity index (χ0n) is 16.7. The van der Waals surface area contributed by atoms with Crippen molar-refractivity contribution in [2.45, 2.75) is 30.6 Å². The average Bonchev–Trinajstić information content (AvgIpc) is 3.12. The lowest BCUT2D eigenvalue weighted by Gasteiger charge is -2.31. The predicted molar refractivity (Wildman–Crippen MR) is 119 cm³/mol. The SMILES string of the molecule is CC[C@@H](C(=O)Nc1nnc(SCC(=O)OC)s1)N(c1cc(Cl)ccc1C)S(C)(=O)=O. The van der Waals surface area contributed by atoms with E-state index in [1.165, 1.54) is 13.2 Å². The molecule has 2 aromatic rings. The third-order valence-corrected chi connectivity index (χ3v) is 7.26. The van der Waals surface area contributed by atoms with Crippen LogP contribution in [0.1, 0.15) is 18.9 Å². The van der Waals surface area contributed by atoms with Crippen molar-refractivity contribution in [1.82, 2.24) is 10.2 Å². The third-order valence-electron chi connectivity index (χ3n) is 3.92. The minimum atomic E-state index is -3.80. The summed E-state index contributed by atoms with van der Waals surface area (Å²) >= 11 is 8.26. The van der Waals surface area contributed by atoms with Gasteiger partial charge in [-0.05, 0) is 31.0 Å². The van der Waals surface area contributed by atoms with Crippen LogP contribution in [0.5, 0.6) is 0 Å². The summed E-state index contributed by atoms with van der Waals surface area (Å²) in [7, 11) is -2.51. The van der Waals surface area contributed by atoms with Crippen LogP contribution >= 0.6 is 34.7 Å². The van der Waals surface area contributed by atoms with E-state index < -0.39 is 27.9 Å². The Labute approximate surface area is 188 Å². The molecule has 0 fully saturated rings. The molecule has 1 aromatic heterocycles. The molecule has 1 N–H and O–H groups in total. The Morgan fingerprint density at radius 3 is 2.67 bits per heavy atom. The van der Waals surface area contributed by atoms with Crippen LogP contribution in [-0.4, -0.2) is 55.7 Å². The van der Waals surface area contributed by atoms with Crippen molar-refractivity contribution >= 4 is 67.4 Å². The Hall–Kier alpha value is -1.89. The number of amides is 1. The zero-order valence-corrected chi connectivity index (χ0v) is 19.9. The van der Waals surface area contributed by atoms with Crippen molar-refractivity contribution in [1.29, 1.82) is 0 Å². The number of thioether (sulfide) groups is 1. The summed E-state index contributed by atoms with van der Waals surface area (Å²) in [6.45, 7) is 3.45. The number of esters is 1. The highest BCUT2D eigenvalue weighted by atomic mass is 35.5. The average molecular weight is 493 g/mol. The summed E-state index contributed by atoms with van der Waals surface area (Å²) in [5, 5.41) is 10.9. The van der Waals surface area contributed by atoms with E-state index in [0.29, 0.717) is 20.6 Å². The summed E-state index contributed by atoms with van der Waals surface area (Å²) in [4.78, 5) is 24.2. The minimum Gasteiger partial charge on any atom is -0.468 e. The number of ether oxygens (including phenoxy) is 1. The molecule has 30 heavy (non-hydrogen) atoms. The summed E-state index contributed by atoms with van der Waals surface area (Å²) in [5.41, 5.74) is 0.993. The van der Waals surface area contributed by atoms with Gasteiger partial charge in [-0.25, -0.2) is 8.42 Å². The molecular formula is C17H21ClN4O5S3. The molecule has 0 radical (unpaired) electrons. The highest BCUT2D eigenvalue weighted by molar-refractivity contribution is 8.01. The fourth-order valence-corrected chi connectivity index (χ4v) is 5.56. The highest BCUT2D eigenvalue weighted by Crippen LogP contribution is 2.30. The van der Waals surface area contributed by atoms with Crippen LogP contribution in [0, 0.1) is 6.92 Å². The quantitative estimate of drug-likeness (QED) is 0.322. The van der Waals surface area contributed by atoms with Crippen LogP contribution in [0.2, 0.25) is 5.02 Å². The van der Waals surface area contributed by atoms with Crippen LogP contribution in [0.25, 0.3) is 0 Å². The smallest absolute Gasteiger partial charge is 0.316 e. The number of halogens is 1. The Morgan fingerprint density at radius 1 is 1.37 bits per heavy atom. The number of methoxy groups -OCH3 is 1. The third kappa shape index (κ3) is 6.30. The van der Waals surface area contributed by atoms with Crippen LogP contribution in [0.3, 0.4) is 0 Å². The van der Waals surface area contributed by atoms with Crippen LogP contribution in [-0.2, 0) is 24.3 Å². The number of carbonyl (C=O) groups excluding carboxylic acids is 2. The maximum atomic E-state index is 12.9. The van der Waals surface area contributed by atoms with Crippen molar-refractivity contribution in [3.63, 3.8) is 0 Å². The van der Waals surface area contributed by atoms with Gasteiger partial charge in [-0.15, -0.1) is 10.2 Å². The Morgan fingerprint density at radius 2 is 2.07 bits per heavy atom. The van der Waals surface area contributed by atoms with Crippen LogP contribution < -0.4 is 9.62 Å². The van der Waals surface area contributed by atoms with E-state index >= 15 is 0 Å². The second-order valence-electron chi connectivity index (χ2n) is 6.14. The van der Waals surface area contributed by atoms with E-state index in [1.54, 1.807) is 26.0 Å². The standard InChI is InChI=1S/C17H21ClN4O5S3/c1-5-12(22(30(4,25)26)13-8-11(18)7-6-10(13)2)15(24)19-16-20-21-17(29-16)28-9-14(23)27-3/h6-8,12H,5,9H2,1-4H3,(H,19,20,24)/t12-/m0/s1. The number of nitrogens with one attached hydrogen (secondary N) is 1. The molecule has 164 valence electrons. The molecule has 0 aliphatic rings. The molecule has 0 unspecified atom stereocenters. The molecule has 1 heterocycles. The number of carbonyl (C=O) groups is 2. The van der Waals surface area contributed by atoms with Gasteiger partial charge in [0.25, 0.3) is 0 Å². The number of anilines is 2. The molecule has 0 bridgehead atoms. The minimum absolute atomic E-state index is 0.0621. The second-order valence-corrected chi connectivity index (χ2v) is 10.6. The first-order chi connectivity index (χ1) is 14.1. The highest BCUT2D eigenvalue weighted by Gasteiger charge is 2.33. The first-order valence-electron chi connectivity index (χ1n) is 8.66. The van der Waals surface area contributed by atoms with Gasteiger partial charge in [0.2, 0.25) is 21.1 Å². The first kappa shape index (κ1) is 24.4. The first-order valence-corrected chi connectivity index (χ1v) is 12.7. The lowest BCUT2D eigenvalue weighted by Crippen LogP contribution is -2.47. The lowest BCUT2D eigenvalue weighted by molar-refractivity contribution is -0.137.